The molecule has 0 bridgehead atoms. The number of nitrogens with zero attached hydrogens (tertiary/aromatic N) is 2. The minimum atomic E-state index is -0.188. The molecule has 110 valence electrons. The molecule has 0 saturated carbocycles. The van der Waals surface area contributed by atoms with E-state index in [4.69, 9.17) is 10.5 Å². The third-order valence-corrected chi connectivity index (χ3v) is 3.54. The average Bonchev–Trinajstić information content (AvgIpc) is 2.49. The van der Waals surface area contributed by atoms with Crippen LogP contribution in [0.1, 0.15) is 6.92 Å². The van der Waals surface area contributed by atoms with Gasteiger partial charge in [0.1, 0.15) is 5.75 Å². The summed E-state index contributed by atoms with van der Waals surface area (Å²) in [6.45, 7) is 2.50. The number of nitrogen functional groups attached to an aromatic ring is 1. The highest BCUT2D eigenvalue weighted by molar-refractivity contribution is 8.00. The van der Waals surface area contributed by atoms with Gasteiger partial charge in [-0.25, -0.2) is 9.97 Å². The third kappa shape index (κ3) is 4.64. The molecule has 0 radical (unpaired) electrons. The predicted octanol–water partition coefficient (Wildman–Crippen LogP) is 2.19. The molecular formula is C14H16N4O2S. The first-order valence-corrected chi connectivity index (χ1v) is 7.39. The molecule has 6 nitrogen and oxygen atoms in total. The highest BCUT2D eigenvalue weighted by Gasteiger charge is 2.08. The summed E-state index contributed by atoms with van der Waals surface area (Å²) in [4.78, 5) is 20.5. The number of carbonyl (C=O) groups is 1. The average molecular weight is 304 g/mol. The molecule has 3 N–H and O–H groups in total. The second kappa shape index (κ2) is 7.49. The largest absolute Gasteiger partial charge is 0.494 e. The van der Waals surface area contributed by atoms with Crippen LogP contribution in [0.5, 0.6) is 5.75 Å². The Morgan fingerprint density at radius 3 is 2.86 bits per heavy atom. The van der Waals surface area contributed by atoms with Gasteiger partial charge in [0.15, 0.2) is 0 Å². The van der Waals surface area contributed by atoms with Crippen molar-refractivity contribution >= 4 is 29.3 Å². The Labute approximate surface area is 127 Å². The van der Waals surface area contributed by atoms with Crippen molar-refractivity contribution in [2.75, 3.05) is 23.4 Å². The molecule has 0 unspecified atom stereocenters. The van der Waals surface area contributed by atoms with Gasteiger partial charge in [0.2, 0.25) is 11.9 Å². The van der Waals surface area contributed by atoms with Crippen LogP contribution < -0.4 is 15.8 Å². The number of anilines is 2. The molecule has 0 spiro atoms. The van der Waals surface area contributed by atoms with E-state index in [-0.39, 0.29) is 11.7 Å². The molecule has 0 saturated heterocycles. The van der Waals surface area contributed by atoms with Crippen molar-refractivity contribution in [1.82, 2.24) is 9.97 Å². The number of aromatic nitrogens is 2. The first-order valence-electron chi connectivity index (χ1n) is 6.41. The van der Waals surface area contributed by atoms with E-state index in [1.807, 2.05) is 13.0 Å². The van der Waals surface area contributed by atoms with Gasteiger partial charge in [-0.05, 0) is 31.2 Å². The van der Waals surface area contributed by atoms with Gasteiger partial charge in [-0.2, -0.15) is 0 Å². The van der Waals surface area contributed by atoms with Gasteiger partial charge in [0.25, 0.3) is 0 Å². The fourth-order valence-electron chi connectivity index (χ4n) is 1.56. The standard InChI is InChI=1S/C14H16N4O2S/c1-2-20-10-4-5-11(15)12(8-10)21-9-13(19)18-14-16-6-3-7-17-14/h3-8H,2,9,15H2,1H3,(H,16,17,18,19). The maximum atomic E-state index is 11.8. The summed E-state index contributed by atoms with van der Waals surface area (Å²) in [5.74, 6) is 1.06. The van der Waals surface area contributed by atoms with Gasteiger partial charge < -0.3 is 10.5 Å². The van der Waals surface area contributed by atoms with Crippen molar-refractivity contribution in [2.45, 2.75) is 11.8 Å². The fourth-order valence-corrected chi connectivity index (χ4v) is 2.36. The maximum absolute atomic E-state index is 11.8. The van der Waals surface area contributed by atoms with Gasteiger partial charge in [0.05, 0.1) is 12.4 Å². The second-order valence-corrected chi connectivity index (χ2v) is 5.06. The van der Waals surface area contributed by atoms with Crippen LogP contribution >= 0.6 is 11.8 Å². The van der Waals surface area contributed by atoms with Crippen molar-refractivity contribution in [3.8, 4) is 5.75 Å². The molecule has 0 fully saturated rings. The van der Waals surface area contributed by atoms with Crippen LogP contribution in [0.4, 0.5) is 11.6 Å². The molecule has 0 aliphatic heterocycles. The first kappa shape index (κ1) is 15.1. The zero-order chi connectivity index (χ0) is 15.1. The molecular weight excluding hydrogens is 288 g/mol. The smallest absolute Gasteiger partial charge is 0.237 e. The lowest BCUT2D eigenvalue weighted by Crippen LogP contribution is -2.16. The number of thioether (sulfide) groups is 1. The molecule has 0 aliphatic carbocycles. The van der Waals surface area contributed by atoms with Crippen LogP contribution in [-0.4, -0.2) is 28.2 Å². The topological polar surface area (TPSA) is 90.1 Å². The second-order valence-electron chi connectivity index (χ2n) is 4.04. The number of nitrogens with one attached hydrogen (secondary N) is 1. The van der Waals surface area contributed by atoms with Crippen molar-refractivity contribution in [3.63, 3.8) is 0 Å². The number of nitrogens with two attached hydrogens (primary N) is 1. The first-order chi connectivity index (χ1) is 10.2. The van der Waals surface area contributed by atoms with Gasteiger partial charge in [-0.3, -0.25) is 10.1 Å². The molecule has 1 aromatic carbocycles. The molecule has 0 aliphatic rings. The summed E-state index contributed by atoms with van der Waals surface area (Å²) in [7, 11) is 0. The number of amides is 1. The van der Waals surface area contributed by atoms with Gasteiger partial charge in [0, 0.05) is 23.0 Å². The summed E-state index contributed by atoms with van der Waals surface area (Å²) in [5.41, 5.74) is 6.51. The summed E-state index contributed by atoms with van der Waals surface area (Å²) >= 11 is 1.34. The lowest BCUT2D eigenvalue weighted by molar-refractivity contribution is -0.113. The summed E-state index contributed by atoms with van der Waals surface area (Å²) in [6, 6.07) is 7.09. The van der Waals surface area contributed by atoms with Gasteiger partial charge in [-0.1, -0.05) is 0 Å². The Hall–Kier alpha value is -2.28. The Balaban J connectivity index is 1.93. The predicted molar refractivity (Wildman–Crippen MR) is 83.4 cm³/mol. The molecule has 21 heavy (non-hydrogen) atoms. The van der Waals surface area contributed by atoms with Crippen LogP contribution in [-0.2, 0) is 4.79 Å². The van der Waals surface area contributed by atoms with Crippen molar-refractivity contribution in [1.29, 1.82) is 0 Å². The molecule has 7 heteroatoms. The summed E-state index contributed by atoms with van der Waals surface area (Å²) < 4.78 is 5.41. The minimum Gasteiger partial charge on any atom is -0.494 e. The Morgan fingerprint density at radius 1 is 1.38 bits per heavy atom. The zero-order valence-corrected chi connectivity index (χ0v) is 12.4. The molecule has 2 rings (SSSR count). The number of benzene rings is 1. The summed E-state index contributed by atoms with van der Waals surface area (Å²) in [5, 5.41) is 2.62. The monoisotopic (exact) mass is 304 g/mol. The molecule has 1 aromatic heterocycles. The molecule has 1 heterocycles. The van der Waals surface area contributed by atoms with E-state index < -0.39 is 0 Å². The number of hydrogen-bond acceptors (Lipinski definition) is 6. The molecule has 1 amide bonds. The van der Waals surface area contributed by atoms with Gasteiger partial charge in [-0.15, -0.1) is 11.8 Å². The van der Waals surface area contributed by atoms with Crippen LogP contribution in [0.3, 0.4) is 0 Å². The highest BCUT2D eigenvalue weighted by Crippen LogP contribution is 2.29. The number of rotatable bonds is 6. The normalized spacial score (nSPS) is 10.1. The van der Waals surface area contributed by atoms with E-state index in [1.165, 1.54) is 11.8 Å². The van der Waals surface area contributed by atoms with E-state index in [2.05, 4.69) is 15.3 Å². The zero-order valence-electron chi connectivity index (χ0n) is 11.6. The van der Waals surface area contributed by atoms with Gasteiger partial charge >= 0.3 is 0 Å². The molecule has 2 aromatic rings. The van der Waals surface area contributed by atoms with Crippen molar-refractivity contribution in [2.24, 2.45) is 0 Å². The number of hydrogen-bond donors (Lipinski definition) is 2. The van der Waals surface area contributed by atoms with Crippen LogP contribution in [0.15, 0.2) is 41.6 Å². The quantitative estimate of drug-likeness (QED) is 0.628. The van der Waals surface area contributed by atoms with Crippen molar-refractivity contribution in [3.05, 3.63) is 36.7 Å². The maximum Gasteiger partial charge on any atom is 0.237 e. The van der Waals surface area contributed by atoms with E-state index in [9.17, 15) is 4.79 Å². The van der Waals surface area contributed by atoms with E-state index in [0.717, 1.165) is 10.6 Å². The van der Waals surface area contributed by atoms with E-state index in [1.54, 1.807) is 30.6 Å². The SMILES string of the molecule is CCOc1ccc(N)c(SCC(=O)Nc2ncccn2)c1. The summed E-state index contributed by atoms with van der Waals surface area (Å²) in [6.07, 6.45) is 3.14. The Morgan fingerprint density at radius 2 is 2.14 bits per heavy atom. The number of carbonyl (C=O) groups excluding carboxylic acids is 1. The Bertz CT molecular complexity index is 607. The van der Waals surface area contributed by atoms with E-state index in [0.29, 0.717) is 18.2 Å². The van der Waals surface area contributed by atoms with Crippen LogP contribution in [0, 0.1) is 0 Å². The van der Waals surface area contributed by atoms with E-state index >= 15 is 0 Å². The number of ether oxygens (including phenoxy) is 1. The van der Waals surface area contributed by atoms with Crippen molar-refractivity contribution < 1.29 is 9.53 Å². The third-order valence-electron chi connectivity index (χ3n) is 2.47. The van der Waals surface area contributed by atoms with Crippen LogP contribution in [0.2, 0.25) is 0 Å². The molecule has 0 atom stereocenters. The fraction of sp³-hybridized carbons (Fsp3) is 0.214. The minimum absolute atomic E-state index is 0.188. The lowest BCUT2D eigenvalue weighted by atomic mass is 10.3. The van der Waals surface area contributed by atoms with Crippen LogP contribution in [0.25, 0.3) is 0 Å². The highest BCUT2D eigenvalue weighted by atomic mass is 32.2. The Kier molecular flexibility index (Phi) is 5.39. The lowest BCUT2D eigenvalue weighted by Gasteiger charge is -2.09.